The predicted molar refractivity (Wildman–Crippen MR) is 66.2 cm³/mol. The molecule has 1 rings (SSSR count). The van der Waals surface area contributed by atoms with Gasteiger partial charge in [-0.25, -0.2) is 4.79 Å². The van der Waals surface area contributed by atoms with E-state index in [1.54, 1.807) is 0 Å². The van der Waals surface area contributed by atoms with Crippen molar-refractivity contribution in [2.24, 2.45) is 0 Å². The molecule has 0 heterocycles. The van der Waals surface area contributed by atoms with Crippen LogP contribution in [0.4, 0.5) is 10.5 Å². The molecule has 3 nitrogen and oxygen atoms in total. The number of nitrogens with one attached hydrogen (secondary N) is 2. The maximum atomic E-state index is 11.4. The third kappa shape index (κ3) is 3.55. The van der Waals surface area contributed by atoms with Gasteiger partial charge in [0.2, 0.25) is 0 Å². The van der Waals surface area contributed by atoms with Gasteiger partial charge in [-0.2, -0.15) is 0 Å². The molecule has 0 aromatic heterocycles. The minimum atomic E-state index is -0.155. The van der Waals surface area contributed by atoms with Gasteiger partial charge in [-0.3, -0.25) is 0 Å². The van der Waals surface area contributed by atoms with Gasteiger partial charge in [0.1, 0.15) is 0 Å². The Kier molecular flexibility index (Phi) is 4.62. The number of carbonyl (C=O) groups is 1. The van der Waals surface area contributed by atoms with Crippen LogP contribution in [0.1, 0.15) is 18.9 Å². The number of hydrogen-bond donors (Lipinski definition) is 2. The highest BCUT2D eigenvalue weighted by molar-refractivity contribution is 9.10. The van der Waals surface area contributed by atoms with Gasteiger partial charge in [0.25, 0.3) is 0 Å². The smallest absolute Gasteiger partial charge is 0.319 e. The molecule has 0 aliphatic rings. The third-order valence-electron chi connectivity index (χ3n) is 2.05. The van der Waals surface area contributed by atoms with Gasteiger partial charge >= 0.3 is 6.03 Å². The molecule has 1 aromatic rings. The molecule has 0 saturated carbocycles. The van der Waals surface area contributed by atoms with E-state index in [2.05, 4.69) is 26.6 Å². The van der Waals surface area contributed by atoms with Crippen LogP contribution in [0.2, 0.25) is 0 Å². The molecule has 0 saturated heterocycles. The fourth-order valence-electron chi connectivity index (χ4n) is 1.15. The maximum absolute atomic E-state index is 11.4. The number of halogens is 1. The molecule has 0 unspecified atom stereocenters. The minimum Gasteiger partial charge on any atom is -0.338 e. The van der Waals surface area contributed by atoms with E-state index in [1.807, 2.05) is 32.0 Å². The van der Waals surface area contributed by atoms with Crippen LogP contribution in [0.3, 0.4) is 0 Å². The number of anilines is 1. The van der Waals surface area contributed by atoms with Crippen LogP contribution in [0.15, 0.2) is 22.7 Å². The van der Waals surface area contributed by atoms with E-state index in [4.69, 9.17) is 0 Å². The van der Waals surface area contributed by atoms with Crippen LogP contribution in [0.5, 0.6) is 0 Å². The zero-order valence-corrected chi connectivity index (χ0v) is 10.5. The minimum absolute atomic E-state index is 0.155. The summed E-state index contributed by atoms with van der Waals surface area (Å²) >= 11 is 3.42. The molecular weight excluding hydrogens is 256 g/mol. The quantitative estimate of drug-likeness (QED) is 0.870. The largest absolute Gasteiger partial charge is 0.338 e. The molecule has 0 bridgehead atoms. The van der Waals surface area contributed by atoms with Gasteiger partial charge in [0.05, 0.1) is 0 Å². The van der Waals surface area contributed by atoms with Crippen molar-refractivity contribution in [2.45, 2.75) is 20.3 Å². The second-order valence-corrected chi connectivity index (χ2v) is 4.15. The molecule has 4 heteroatoms. The first kappa shape index (κ1) is 12.0. The number of rotatable bonds is 3. The lowest BCUT2D eigenvalue weighted by Gasteiger charge is -2.10. The van der Waals surface area contributed by atoms with E-state index in [1.165, 1.54) is 0 Å². The van der Waals surface area contributed by atoms with Crippen molar-refractivity contribution < 1.29 is 4.79 Å². The number of hydrogen-bond acceptors (Lipinski definition) is 1. The molecular formula is C11H15BrN2O. The highest BCUT2D eigenvalue weighted by Gasteiger charge is 2.04. The van der Waals surface area contributed by atoms with Crippen LogP contribution >= 0.6 is 15.9 Å². The number of benzene rings is 1. The van der Waals surface area contributed by atoms with Crippen LogP contribution in [0, 0.1) is 6.92 Å². The lowest BCUT2D eigenvalue weighted by Crippen LogP contribution is -2.29. The lowest BCUT2D eigenvalue weighted by atomic mass is 10.2. The van der Waals surface area contributed by atoms with Crippen molar-refractivity contribution in [1.82, 2.24) is 5.32 Å². The second-order valence-electron chi connectivity index (χ2n) is 3.29. The molecule has 0 radical (unpaired) electrons. The zero-order chi connectivity index (χ0) is 11.3. The van der Waals surface area contributed by atoms with E-state index in [0.29, 0.717) is 6.54 Å². The first-order valence-corrected chi connectivity index (χ1v) is 5.74. The van der Waals surface area contributed by atoms with Crippen molar-refractivity contribution in [3.8, 4) is 0 Å². The summed E-state index contributed by atoms with van der Waals surface area (Å²) in [6.45, 7) is 4.67. The third-order valence-corrected chi connectivity index (χ3v) is 2.91. The molecule has 0 atom stereocenters. The van der Waals surface area contributed by atoms with Crippen molar-refractivity contribution >= 4 is 27.6 Å². The van der Waals surface area contributed by atoms with Crippen molar-refractivity contribution in [3.63, 3.8) is 0 Å². The Balaban J connectivity index is 2.64. The van der Waals surface area contributed by atoms with Crippen molar-refractivity contribution in [1.29, 1.82) is 0 Å². The van der Waals surface area contributed by atoms with Gasteiger partial charge in [0.15, 0.2) is 0 Å². The monoisotopic (exact) mass is 270 g/mol. The summed E-state index contributed by atoms with van der Waals surface area (Å²) in [5, 5.41) is 5.57. The first-order chi connectivity index (χ1) is 7.15. The molecule has 1 aromatic carbocycles. The average Bonchev–Trinajstić information content (AvgIpc) is 2.22. The average molecular weight is 271 g/mol. The van der Waals surface area contributed by atoms with Gasteiger partial charge in [-0.1, -0.05) is 28.9 Å². The summed E-state index contributed by atoms with van der Waals surface area (Å²) in [5.74, 6) is 0. The Labute approximate surface area is 98.4 Å². The highest BCUT2D eigenvalue weighted by Crippen LogP contribution is 2.23. The fourth-order valence-corrected chi connectivity index (χ4v) is 1.51. The summed E-state index contributed by atoms with van der Waals surface area (Å²) in [4.78, 5) is 11.4. The molecule has 82 valence electrons. The maximum Gasteiger partial charge on any atom is 0.319 e. The molecule has 0 aliphatic heterocycles. The summed E-state index contributed by atoms with van der Waals surface area (Å²) in [5.41, 5.74) is 1.86. The predicted octanol–water partition coefficient (Wildman–Crippen LogP) is 3.29. The summed E-state index contributed by atoms with van der Waals surface area (Å²) < 4.78 is 0.996. The molecule has 2 N–H and O–H groups in total. The zero-order valence-electron chi connectivity index (χ0n) is 8.93. The van der Waals surface area contributed by atoms with E-state index in [-0.39, 0.29) is 6.03 Å². The van der Waals surface area contributed by atoms with Gasteiger partial charge in [-0.15, -0.1) is 0 Å². The first-order valence-electron chi connectivity index (χ1n) is 4.95. The van der Waals surface area contributed by atoms with Crippen molar-refractivity contribution in [2.75, 3.05) is 11.9 Å². The lowest BCUT2D eigenvalue weighted by molar-refractivity contribution is 0.252. The van der Waals surface area contributed by atoms with Crippen LogP contribution in [-0.2, 0) is 0 Å². The Hall–Kier alpha value is -1.03. The molecule has 0 fully saturated rings. The van der Waals surface area contributed by atoms with E-state index in [0.717, 1.165) is 22.1 Å². The van der Waals surface area contributed by atoms with E-state index < -0.39 is 0 Å². The van der Waals surface area contributed by atoms with Crippen molar-refractivity contribution in [3.05, 3.63) is 28.2 Å². The van der Waals surface area contributed by atoms with Gasteiger partial charge in [0, 0.05) is 16.7 Å². The summed E-state index contributed by atoms with van der Waals surface area (Å²) in [6.07, 6.45) is 0.935. The second kappa shape index (κ2) is 5.75. The Morgan fingerprint density at radius 1 is 1.47 bits per heavy atom. The highest BCUT2D eigenvalue weighted by atomic mass is 79.9. The molecule has 0 spiro atoms. The van der Waals surface area contributed by atoms with Gasteiger partial charge < -0.3 is 10.6 Å². The Bertz CT molecular complexity index is 352. The molecule has 15 heavy (non-hydrogen) atoms. The number of urea groups is 1. The Morgan fingerprint density at radius 2 is 2.20 bits per heavy atom. The number of carbonyl (C=O) groups excluding carboxylic acids is 1. The van der Waals surface area contributed by atoms with E-state index in [9.17, 15) is 4.79 Å². The SMILES string of the molecule is CCCNC(=O)Nc1cccc(Br)c1C. The van der Waals surface area contributed by atoms with Gasteiger partial charge in [-0.05, 0) is 31.0 Å². The van der Waals surface area contributed by atoms with Crippen LogP contribution in [-0.4, -0.2) is 12.6 Å². The number of amides is 2. The fraction of sp³-hybridized carbons (Fsp3) is 0.364. The van der Waals surface area contributed by atoms with Crippen LogP contribution < -0.4 is 10.6 Å². The van der Waals surface area contributed by atoms with Crippen LogP contribution in [0.25, 0.3) is 0 Å². The molecule has 0 aliphatic carbocycles. The topological polar surface area (TPSA) is 41.1 Å². The summed E-state index contributed by atoms with van der Waals surface area (Å²) in [7, 11) is 0. The standard InChI is InChI=1S/C11H15BrN2O/c1-3-7-13-11(15)14-10-6-4-5-9(12)8(10)2/h4-6H,3,7H2,1-2H3,(H2,13,14,15). The van der Waals surface area contributed by atoms with E-state index >= 15 is 0 Å². The normalized spacial score (nSPS) is 9.80. The Morgan fingerprint density at radius 3 is 2.87 bits per heavy atom. The molecule has 2 amide bonds. The summed E-state index contributed by atoms with van der Waals surface area (Å²) in [6, 6.07) is 5.57.